The van der Waals surface area contributed by atoms with Crippen molar-refractivity contribution in [1.82, 2.24) is 9.55 Å². The summed E-state index contributed by atoms with van der Waals surface area (Å²) in [6.07, 6.45) is 5.90. The molecule has 1 N–H and O–H groups in total. The number of nitrogens with zero attached hydrogens (tertiary/aromatic N) is 1. The van der Waals surface area contributed by atoms with Gasteiger partial charge in [0.05, 0.1) is 5.56 Å². The maximum absolute atomic E-state index is 12.7. The van der Waals surface area contributed by atoms with Gasteiger partial charge in [-0.1, -0.05) is 39.2 Å². The van der Waals surface area contributed by atoms with Gasteiger partial charge in [-0.3, -0.25) is 14.3 Å². The first kappa shape index (κ1) is 19.5. The summed E-state index contributed by atoms with van der Waals surface area (Å²) in [7, 11) is 0. The molecule has 0 spiro atoms. The largest absolute Gasteiger partial charge is 0.440 e. The van der Waals surface area contributed by atoms with Crippen molar-refractivity contribution >= 4 is 0 Å². The molecule has 0 amide bonds. The number of hydrogen-bond donors (Lipinski definition) is 1. The Morgan fingerprint density at radius 2 is 1.70 bits per heavy atom. The SMILES string of the molecule is Cc1cc(C)cc(Oc2c(C(C)C)c(=O)[nH]c(=O)n2CC2CCCCC2)c1. The monoisotopic (exact) mass is 370 g/mol. The highest BCUT2D eigenvalue weighted by molar-refractivity contribution is 5.38. The summed E-state index contributed by atoms with van der Waals surface area (Å²) in [5.41, 5.74) is 1.97. The maximum atomic E-state index is 12.7. The summed E-state index contributed by atoms with van der Waals surface area (Å²) in [6, 6.07) is 5.95. The normalized spacial score (nSPS) is 15.3. The highest BCUT2D eigenvalue weighted by Gasteiger charge is 2.23. The molecule has 5 heteroatoms. The van der Waals surface area contributed by atoms with Crippen LogP contribution in [0, 0.1) is 19.8 Å². The molecule has 1 fully saturated rings. The number of ether oxygens (including phenoxy) is 1. The molecule has 1 aromatic heterocycles. The van der Waals surface area contributed by atoms with E-state index in [0.29, 0.717) is 29.7 Å². The number of nitrogens with one attached hydrogen (secondary N) is 1. The summed E-state index contributed by atoms with van der Waals surface area (Å²) in [5, 5.41) is 0. The molecule has 2 aromatic rings. The van der Waals surface area contributed by atoms with Crippen molar-refractivity contribution in [2.24, 2.45) is 5.92 Å². The fourth-order valence-electron chi connectivity index (χ4n) is 4.08. The average molecular weight is 370 g/mol. The topological polar surface area (TPSA) is 64.1 Å². The number of hydrogen-bond acceptors (Lipinski definition) is 3. The predicted molar refractivity (Wildman–Crippen MR) is 108 cm³/mol. The summed E-state index contributed by atoms with van der Waals surface area (Å²) < 4.78 is 7.85. The van der Waals surface area contributed by atoms with E-state index in [1.165, 1.54) is 19.3 Å². The van der Waals surface area contributed by atoms with Gasteiger partial charge in [0.1, 0.15) is 5.75 Å². The highest BCUT2D eigenvalue weighted by atomic mass is 16.5. The van der Waals surface area contributed by atoms with Gasteiger partial charge in [0, 0.05) is 6.54 Å². The van der Waals surface area contributed by atoms with E-state index >= 15 is 0 Å². The van der Waals surface area contributed by atoms with Crippen LogP contribution in [0.1, 0.15) is 68.6 Å². The lowest BCUT2D eigenvalue weighted by Gasteiger charge is -2.25. The van der Waals surface area contributed by atoms with Crippen LogP contribution in [-0.4, -0.2) is 9.55 Å². The van der Waals surface area contributed by atoms with Crippen LogP contribution in [0.2, 0.25) is 0 Å². The first-order valence-corrected chi connectivity index (χ1v) is 9.98. The van der Waals surface area contributed by atoms with Crippen LogP contribution in [0.4, 0.5) is 0 Å². The zero-order valence-electron chi connectivity index (χ0n) is 16.8. The van der Waals surface area contributed by atoms with E-state index in [0.717, 1.165) is 24.0 Å². The molecule has 146 valence electrons. The first-order chi connectivity index (χ1) is 12.8. The molecule has 0 unspecified atom stereocenters. The molecular weight excluding hydrogens is 340 g/mol. The summed E-state index contributed by atoms with van der Waals surface area (Å²) in [6.45, 7) is 8.52. The van der Waals surface area contributed by atoms with Crippen LogP contribution in [0.5, 0.6) is 11.6 Å². The molecule has 0 saturated heterocycles. The Morgan fingerprint density at radius 1 is 1.07 bits per heavy atom. The number of benzene rings is 1. The van der Waals surface area contributed by atoms with Gasteiger partial charge in [0.2, 0.25) is 5.88 Å². The van der Waals surface area contributed by atoms with Gasteiger partial charge in [-0.15, -0.1) is 0 Å². The summed E-state index contributed by atoms with van der Waals surface area (Å²) in [5.74, 6) is 1.46. The minimum absolute atomic E-state index is 0.0483. The van der Waals surface area contributed by atoms with E-state index in [1.54, 1.807) is 4.57 Å². The second-order valence-corrected chi connectivity index (χ2v) is 8.17. The van der Waals surface area contributed by atoms with Crippen LogP contribution >= 0.6 is 0 Å². The van der Waals surface area contributed by atoms with Crippen LogP contribution in [0.15, 0.2) is 27.8 Å². The fraction of sp³-hybridized carbons (Fsp3) is 0.545. The molecule has 27 heavy (non-hydrogen) atoms. The van der Waals surface area contributed by atoms with Gasteiger partial charge in [-0.2, -0.15) is 0 Å². The van der Waals surface area contributed by atoms with E-state index < -0.39 is 0 Å². The van der Waals surface area contributed by atoms with Crippen molar-refractivity contribution in [1.29, 1.82) is 0 Å². The molecule has 1 aromatic carbocycles. The third kappa shape index (κ3) is 4.52. The van der Waals surface area contributed by atoms with Crippen LogP contribution < -0.4 is 16.0 Å². The Kier molecular flexibility index (Phi) is 5.88. The number of aryl methyl sites for hydroxylation is 2. The van der Waals surface area contributed by atoms with E-state index in [1.807, 2.05) is 39.8 Å². The highest BCUT2D eigenvalue weighted by Crippen LogP contribution is 2.31. The standard InChI is InChI=1S/C22H30N2O3/c1-14(2)19-20(25)23-22(26)24(13-17-8-6-5-7-9-17)21(19)27-18-11-15(3)10-16(4)12-18/h10-12,14,17H,5-9,13H2,1-4H3,(H,23,25,26). The van der Waals surface area contributed by atoms with Crippen LogP contribution in [-0.2, 0) is 6.54 Å². The molecule has 5 nitrogen and oxygen atoms in total. The zero-order valence-corrected chi connectivity index (χ0v) is 16.8. The van der Waals surface area contributed by atoms with E-state index in [-0.39, 0.29) is 17.2 Å². The van der Waals surface area contributed by atoms with Gasteiger partial charge in [0.15, 0.2) is 0 Å². The quantitative estimate of drug-likeness (QED) is 0.833. The van der Waals surface area contributed by atoms with Crippen molar-refractivity contribution in [2.75, 3.05) is 0 Å². The molecule has 1 heterocycles. The van der Waals surface area contributed by atoms with Gasteiger partial charge in [-0.25, -0.2) is 4.79 Å². The van der Waals surface area contributed by atoms with Crippen molar-refractivity contribution in [3.63, 3.8) is 0 Å². The molecule has 3 rings (SSSR count). The van der Waals surface area contributed by atoms with E-state index in [2.05, 4.69) is 11.1 Å². The van der Waals surface area contributed by atoms with Gasteiger partial charge in [-0.05, 0) is 61.8 Å². The fourth-order valence-corrected chi connectivity index (χ4v) is 4.08. The Morgan fingerprint density at radius 3 is 2.30 bits per heavy atom. The van der Waals surface area contributed by atoms with Gasteiger partial charge in [0.25, 0.3) is 5.56 Å². The minimum Gasteiger partial charge on any atom is -0.440 e. The molecule has 0 radical (unpaired) electrons. The lowest BCUT2D eigenvalue weighted by Crippen LogP contribution is -2.35. The summed E-state index contributed by atoms with van der Waals surface area (Å²) in [4.78, 5) is 27.7. The second kappa shape index (κ2) is 8.15. The second-order valence-electron chi connectivity index (χ2n) is 8.17. The number of H-pyrrole nitrogens is 1. The van der Waals surface area contributed by atoms with Gasteiger partial charge >= 0.3 is 5.69 Å². The summed E-state index contributed by atoms with van der Waals surface area (Å²) >= 11 is 0. The molecule has 0 bridgehead atoms. The van der Waals surface area contributed by atoms with E-state index in [4.69, 9.17) is 4.74 Å². The minimum atomic E-state index is -0.380. The molecular formula is C22H30N2O3. The lowest BCUT2D eigenvalue weighted by atomic mass is 9.89. The predicted octanol–water partition coefficient (Wildman–Crippen LogP) is 4.65. The molecule has 1 aliphatic rings. The average Bonchev–Trinajstić information content (AvgIpc) is 2.58. The van der Waals surface area contributed by atoms with Crippen molar-refractivity contribution in [3.8, 4) is 11.6 Å². The molecule has 0 atom stereocenters. The third-order valence-electron chi connectivity index (χ3n) is 5.34. The number of rotatable bonds is 5. The smallest absolute Gasteiger partial charge is 0.331 e. The van der Waals surface area contributed by atoms with Crippen molar-refractivity contribution in [2.45, 2.75) is 72.3 Å². The Balaban J connectivity index is 2.09. The Bertz CT molecular complexity index is 898. The van der Waals surface area contributed by atoms with Crippen LogP contribution in [0.25, 0.3) is 0 Å². The third-order valence-corrected chi connectivity index (χ3v) is 5.34. The maximum Gasteiger partial charge on any atom is 0.331 e. The Hall–Kier alpha value is -2.30. The van der Waals surface area contributed by atoms with Crippen molar-refractivity contribution in [3.05, 3.63) is 55.7 Å². The van der Waals surface area contributed by atoms with Gasteiger partial charge < -0.3 is 4.74 Å². The zero-order chi connectivity index (χ0) is 19.6. The number of aromatic nitrogens is 2. The lowest BCUT2D eigenvalue weighted by molar-refractivity contribution is 0.294. The molecule has 1 saturated carbocycles. The first-order valence-electron chi connectivity index (χ1n) is 9.98. The molecule has 1 aliphatic carbocycles. The van der Waals surface area contributed by atoms with Crippen molar-refractivity contribution < 1.29 is 4.74 Å². The van der Waals surface area contributed by atoms with Crippen LogP contribution in [0.3, 0.4) is 0 Å². The number of aromatic amines is 1. The van der Waals surface area contributed by atoms with E-state index in [9.17, 15) is 9.59 Å². The Labute approximate surface area is 160 Å². The molecule has 0 aliphatic heterocycles.